The van der Waals surface area contributed by atoms with Gasteiger partial charge in [0.15, 0.2) is 0 Å². The van der Waals surface area contributed by atoms with Gasteiger partial charge in [0.2, 0.25) is 0 Å². The summed E-state index contributed by atoms with van der Waals surface area (Å²) in [6.45, 7) is 3.75. The van der Waals surface area contributed by atoms with Crippen LogP contribution in [-0.4, -0.2) is 35.5 Å². The number of hydrogen-bond acceptors (Lipinski definition) is 2. The molecule has 0 aliphatic carbocycles. The second-order valence-electron chi connectivity index (χ2n) is 4.04. The Labute approximate surface area is 122 Å². The molecule has 1 aromatic rings. The molecule has 1 rings (SSSR count). The van der Waals surface area contributed by atoms with Crippen molar-refractivity contribution in [1.82, 2.24) is 4.90 Å². The number of amides is 1. The maximum absolute atomic E-state index is 12.5. The van der Waals surface area contributed by atoms with E-state index in [2.05, 4.69) is 22.9 Å². The largest absolute Gasteiger partial charge is 0.338 e. The molecule has 0 saturated heterocycles. The minimum Gasteiger partial charge on any atom is -0.338 e. The van der Waals surface area contributed by atoms with Crippen LogP contribution in [0.1, 0.15) is 30.1 Å². The zero-order chi connectivity index (χ0) is 13.4. The molecule has 0 aromatic heterocycles. The average molecular weight is 330 g/mol. The van der Waals surface area contributed by atoms with Crippen LogP contribution >= 0.6 is 27.7 Å². The molecule has 100 valence electrons. The van der Waals surface area contributed by atoms with E-state index in [1.807, 2.05) is 35.4 Å². The van der Waals surface area contributed by atoms with Crippen molar-refractivity contribution >= 4 is 33.6 Å². The third-order valence-corrected chi connectivity index (χ3v) is 3.91. The predicted octanol–water partition coefficient (Wildman–Crippen LogP) is 4.05. The van der Waals surface area contributed by atoms with Crippen LogP contribution in [0.3, 0.4) is 0 Å². The second kappa shape index (κ2) is 8.59. The van der Waals surface area contributed by atoms with Gasteiger partial charge in [-0.3, -0.25) is 4.79 Å². The van der Waals surface area contributed by atoms with E-state index < -0.39 is 0 Å². The molecule has 4 heteroatoms. The monoisotopic (exact) mass is 329 g/mol. The Kier molecular flexibility index (Phi) is 7.44. The standard InChI is InChI=1S/C14H20BrNOS/c1-3-4-10-16(11-9-15)14(17)12-7-5-6-8-13(12)18-2/h5-8H,3-4,9-11H2,1-2H3. The average Bonchev–Trinajstić information content (AvgIpc) is 2.42. The molecule has 0 heterocycles. The molecule has 0 spiro atoms. The molecule has 0 N–H and O–H groups in total. The van der Waals surface area contributed by atoms with Gasteiger partial charge in [0.1, 0.15) is 0 Å². The summed E-state index contributed by atoms with van der Waals surface area (Å²) in [5, 5.41) is 0.823. The van der Waals surface area contributed by atoms with Crippen molar-refractivity contribution in [1.29, 1.82) is 0 Å². The number of thioether (sulfide) groups is 1. The number of nitrogens with zero attached hydrogens (tertiary/aromatic N) is 1. The Morgan fingerprint density at radius 3 is 2.67 bits per heavy atom. The first-order chi connectivity index (χ1) is 8.74. The summed E-state index contributed by atoms with van der Waals surface area (Å²) in [5.74, 6) is 0.146. The van der Waals surface area contributed by atoms with Crippen LogP contribution in [0, 0.1) is 0 Å². The number of carbonyl (C=O) groups excluding carboxylic acids is 1. The summed E-state index contributed by atoms with van der Waals surface area (Å²) >= 11 is 5.04. The minimum atomic E-state index is 0.146. The lowest BCUT2D eigenvalue weighted by Crippen LogP contribution is -2.33. The van der Waals surface area contributed by atoms with Crippen LogP contribution in [0.2, 0.25) is 0 Å². The summed E-state index contributed by atoms with van der Waals surface area (Å²) < 4.78 is 0. The summed E-state index contributed by atoms with van der Waals surface area (Å²) in [4.78, 5) is 15.5. The summed E-state index contributed by atoms with van der Waals surface area (Å²) in [7, 11) is 0. The second-order valence-corrected chi connectivity index (χ2v) is 5.68. The highest BCUT2D eigenvalue weighted by atomic mass is 79.9. The lowest BCUT2D eigenvalue weighted by Gasteiger charge is -2.22. The zero-order valence-corrected chi connectivity index (χ0v) is 13.4. The third kappa shape index (κ3) is 4.32. The number of unbranched alkanes of at least 4 members (excludes halogenated alkanes) is 1. The number of rotatable bonds is 7. The van der Waals surface area contributed by atoms with E-state index in [4.69, 9.17) is 0 Å². The molecule has 0 atom stereocenters. The van der Waals surface area contributed by atoms with Gasteiger partial charge in [-0.1, -0.05) is 41.4 Å². The fraction of sp³-hybridized carbons (Fsp3) is 0.500. The van der Waals surface area contributed by atoms with E-state index in [9.17, 15) is 4.79 Å². The van der Waals surface area contributed by atoms with E-state index in [0.717, 1.165) is 41.7 Å². The van der Waals surface area contributed by atoms with Gasteiger partial charge in [-0.25, -0.2) is 0 Å². The molecule has 0 fully saturated rings. The Hall–Kier alpha value is -0.480. The first-order valence-electron chi connectivity index (χ1n) is 6.22. The molecule has 18 heavy (non-hydrogen) atoms. The first kappa shape index (κ1) is 15.6. The van der Waals surface area contributed by atoms with Crippen LogP contribution in [0.5, 0.6) is 0 Å². The van der Waals surface area contributed by atoms with Gasteiger partial charge >= 0.3 is 0 Å². The van der Waals surface area contributed by atoms with E-state index in [-0.39, 0.29) is 5.91 Å². The Morgan fingerprint density at radius 1 is 1.33 bits per heavy atom. The van der Waals surface area contributed by atoms with Crippen molar-refractivity contribution in [3.05, 3.63) is 29.8 Å². The molecule has 0 aliphatic rings. The molecule has 0 bridgehead atoms. The van der Waals surface area contributed by atoms with E-state index in [1.165, 1.54) is 0 Å². The Morgan fingerprint density at radius 2 is 2.06 bits per heavy atom. The van der Waals surface area contributed by atoms with Crippen molar-refractivity contribution < 1.29 is 4.79 Å². The van der Waals surface area contributed by atoms with Crippen LogP contribution in [0.25, 0.3) is 0 Å². The number of halogens is 1. The number of alkyl halides is 1. The molecule has 0 aliphatic heterocycles. The third-order valence-electron chi connectivity index (χ3n) is 2.76. The van der Waals surface area contributed by atoms with Gasteiger partial charge in [-0.05, 0) is 24.8 Å². The Balaban J connectivity index is 2.86. The minimum absolute atomic E-state index is 0.146. The summed E-state index contributed by atoms with van der Waals surface area (Å²) in [6, 6.07) is 7.83. The van der Waals surface area contributed by atoms with Gasteiger partial charge < -0.3 is 4.90 Å². The summed E-state index contributed by atoms with van der Waals surface area (Å²) in [6.07, 6.45) is 4.17. The van der Waals surface area contributed by atoms with E-state index in [0.29, 0.717) is 0 Å². The van der Waals surface area contributed by atoms with Crippen molar-refractivity contribution in [3.63, 3.8) is 0 Å². The van der Waals surface area contributed by atoms with Crippen LogP contribution in [-0.2, 0) is 0 Å². The van der Waals surface area contributed by atoms with Crippen molar-refractivity contribution in [2.75, 3.05) is 24.7 Å². The van der Waals surface area contributed by atoms with Gasteiger partial charge in [-0.15, -0.1) is 11.8 Å². The molecule has 1 aromatic carbocycles. The van der Waals surface area contributed by atoms with Crippen molar-refractivity contribution in [2.45, 2.75) is 24.7 Å². The highest BCUT2D eigenvalue weighted by Gasteiger charge is 2.17. The van der Waals surface area contributed by atoms with Crippen LogP contribution in [0.4, 0.5) is 0 Å². The van der Waals surface area contributed by atoms with Crippen LogP contribution in [0.15, 0.2) is 29.2 Å². The normalized spacial score (nSPS) is 10.4. The van der Waals surface area contributed by atoms with E-state index in [1.54, 1.807) is 11.8 Å². The highest BCUT2D eigenvalue weighted by Crippen LogP contribution is 2.21. The first-order valence-corrected chi connectivity index (χ1v) is 8.57. The van der Waals surface area contributed by atoms with Crippen molar-refractivity contribution in [2.24, 2.45) is 0 Å². The van der Waals surface area contributed by atoms with E-state index >= 15 is 0 Å². The van der Waals surface area contributed by atoms with Gasteiger partial charge in [-0.2, -0.15) is 0 Å². The molecule has 2 nitrogen and oxygen atoms in total. The fourth-order valence-corrected chi connectivity index (χ4v) is 2.78. The molecule has 0 unspecified atom stereocenters. The van der Waals surface area contributed by atoms with Gasteiger partial charge in [0.05, 0.1) is 5.56 Å². The SMILES string of the molecule is CCCCN(CCBr)C(=O)c1ccccc1SC. The van der Waals surface area contributed by atoms with Gasteiger partial charge in [0.25, 0.3) is 5.91 Å². The lowest BCUT2D eigenvalue weighted by atomic mass is 10.2. The van der Waals surface area contributed by atoms with Gasteiger partial charge in [0, 0.05) is 23.3 Å². The smallest absolute Gasteiger partial charge is 0.255 e. The fourth-order valence-electron chi connectivity index (χ4n) is 1.76. The number of hydrogen-bond donors (Lipinski definition) is 0. The Bertz CT molecular complexity index is 384. The molecule has 0 saturated carbocycles. The molecular weight excluding hydrogens is 310 g/mol. The van der Waals surface area contributed by atoms with Crippen molar-refractivity contribution in [3.8, 4) is 0 Å². The number of benzene rings is 1. The molecule has 1 amide bonds. The molecular formula is C14H20BrNOS. The lowest BCUT2D eigenvalue weighted by molar-refractivity contribution is 0.0761. The number of carbonyl (C=O) groups is 1. The maximum atomic E-state index is 12.5. The quantitative estimate of drug-likeness (QED) is 0.555. The maximum Gasteiger partial charge on any atom is 0.255 e. The van der Waals surface area contributed by atoms with Crippen LogP contribution < -0.4 is 0 Å². The zero-order valence-electron chi connectivity index (χ0n) is 11.0. The molecule has 0 radical (unpaired) electrons. The predicted molar refractivity (Wildman–Crippen MR) is 82.8 cm³/mol. The topological polar surface area (TPSA) is 20.3 Å². The summed E-state index contributed by atoms with van der Waals surface area (Å²) in [5.41, 5.74) is 0.821. The highest BCUT2D eigenvalue weighted by molar-refractivity contribution is 9.09.